The maximum Gasteiger partial charge on any atom is 0.363 e. The lowest BCUT2D eigenvalue weighted by Crippen LogP contribution is -2.91. The number of carbonyl (C=O) groups is 2. The summed E-state index contributed by atoms with van der Waals surface area (Å²) < 4.78 is 19.4. The van der Waals surface area contributed by atoms with Gasteiger partial charge in [0.2, 0.25) is 5.95 Å². The number of halogens is 1. The molecule has 4 unspecified atom stereocenters. The van der Waals surface area contributed by atoms with Gasteiger partial charge in [0, 0.05) is 64.1 Å². The van der Waals surface area contributed by atoms with Gasteiger partial charge >= 0.3 is 11.9 Å². The fourth-order valence-electron chi connectivity index (χ4n) is 7.83. The number of rotatable bonds is 7. The van der Waals surface area contributed by atoms with Gasteiger partial charge in [-0.1, -0.05) is 19.3 Å². The summed E-state index contributed by atoms with van der Waals surface area (Å²) in [6.07, 6.45) is 12.8. The van der Waals surface area contributed by atoms with Crippen LogP contribution in [0.5, 0.6) is 0 Å². The summed E-state index contributed by atoms with van der Waals surface area (Å²) in [7, 11) is 0. The highest BCUT2D eigenvalue weighted by atomic mass is 19.2. The molecule has 0 amide bonds. The van der Waals surface area contributed by atoms with E-state index in [-0.39, 0.29) is 24.9 Å². The average molecular weight is 612 g/mol. The van der Waals surface area contributed by atoms with Crippen LogP contribution < -0.4 is 4.90 Å². The number of aromatic nitrogens is 4. The Bertz CT molecular complexity index is 1310. The fourth-order valence-corrected chi connectivity index (χ4v) is 7.83. The maximum atomic E-state index is 19.4. The van der Waals surface area contributed by atoms with Crippen LogP contribution in [0.4, 0.5) is 10.3 Å². The molecule has 0 saturated carbocycles. The maximum absolute atomic E-state index is 19.4. The topological polar surface area (TPSA) is 142 Å². The highest BCUT2D eigenvalue weighted by Gasteiger charge is 2.81. The molecule has 6 rings (SSSR count). The molecular formula is C30H42FN9O4. The standard InChI is InChI=1S/C30H42FN9O4/c1-28(25(41)42)23(24-32-13-11-14-33-24)40(38-21-9-4-10-22-38)29(26(43)44,36-17-5-2-6-18-36)39(27-34-15-12-16-35-27)30(28,31)37-19-7-3-8-20-37/h11-16,23H,2-10,17-22H2,1H3,(H,41,42)(H,43,44). The summed E-state index contributed by atoms with van der Waals surface area (Å²) in [4.78, 5) is 50.6. The molecule has 13 nitrogen and oxygen atoms in total. The molecular weight excluding hydrogens is 569 g/mol. The van der Waals surface area contributed by atoms with Gasteiger partial charge in [-0.15, -0.1) is 0 Å². The first-order valence-electron chi connectivity index (χ1n) is 15.8. The van der Waals surface area contributed by atoms with Crippen molar-refractivity contribution >= 4 is 17.9 Å². The van der Waals surface area contributed by atoms with Crippen LogP contribution in [0.1, 0.15) is 76.6 Å². The third-order valence-corrected chi connectivity index (χ3v) is 9.90. The zero-order valence-corrected chi connectivity index (χ0v) is 25.3. The van der Waals surface area contributed by atoms with Gasteiger partial charge in [-0.05, 0) is 57.6 Å². The second kappa shape index (κ2) is 12.2. The van der Waals surface area contributed by atoms with Gasteiger partial charge in [0.15, 0.2) is 5.41 Å². The van der Waals surface area contributed by atoms with Crippen LogP contribution in [0.25, 0.3) is 0 Å². The van der Waals surface area contributed by atoms with Gasteiger partial charge in [0.05, 0.1) is 0 Å². The van der Waals surface area contributed by atoms with Gasteiger partial charge in [-0.3, -0.25) is 19.5 Å². The first-order chi connectivity index (χ1) is 21.3. The predicted octanol–water partition coefficient (Wildman–Crippen LogP) is 2.96. The summed E-state index contributed by atoms with van der Waals surface area (Å²) >= 11 is 0. The monoisotopic (exact) mass is 611 g/mol. The Morgan fingerprint density at radius 3 is 1.70 bits per heavy atom. The number of hydrogen-bond acceptors (Lipinski definition) is 11. The van der Waals surface area contributed by atoms with Crippen LogP contribution in [0.2, 0.25) is 0 Å². The van der Waals surface area contributed by atoms with Gasteiger partial charge in [0.25, 0.3) is 11.7 Å². The van der Waals surface area contributed by atoms with Crippen molar-refractivity contribution in [2.45, 2.75) is 82.5 Å². The molecule has 4 fully saturated rings. The van der Waals surface area contributed by atoms with E-state index in [0.717, 1.165) is 37.0 Å². The summed E-state index contributed by atoms with van der Waals surface area (Å²) in [5, 5.41) is 26.5. The van der Waals surface area contributed by atoms with Gasteiger partial charge < -0.3 is 10.2 Å². The first-order valence-corrected chi connectivity index (χ1v) is 15.8. The number of hydrogen-bond donors (Lipinski definition) is 2. The molecule has 4 atom stereocenters. The smallest absolute Gasteiger partial charge is 0.363 e. The number of carboxylic acids is 2. The molecule has 0 aliphatic carbocycles. The largest absolute Gasteiger partial charge is 0.481 e. The number of aliphatic carboxylic acids is 2. The molecule has 0 radical (unpaired) electrons. The van der Waals surface area contributed by atoms with E-state index in [1.54, 1.807) is 22.0 Å². The van der Waals surface area contributed by atoms with Gasteiger partial charge in [0.1, 0.15) is 11.9 Å². The molecule has 0 spiro atoms. The number of carboxylic acid groups (broad SMARTS) is 2. The number of anilines is 1. The molecule has 2 aromatic rings. The molecule has 4 aliphatic rings. The number of hydrazine groups is 1. The summed E-state index contributed by atoms with van der Waals surface area (Å²) in [6, 6.07) is 1.79. The van der Waals surface area contributed by atoms with Crippen molar-refractivity contribution in [3.63, 3.8) is 0 Å². The summed E-state index contributed by atoms with van der Waals surface area (Å²) in [5.74, 6) is -8.04. The molecule has 4 saturated heterocycles. The highest BCUT2D eigenvalue weighted by molar-refractivity contribution is 5.86. The second-order valence-corrected chi connectivity index (χ2v) is 12.4. The van der Waals surface area contributed by atoms with Crippen LogP contribution in [0.3, 0.4) is 0 Å². The molecule has 6 heterocycles. The molecule has 2 aromatic heterocycles. The Labute approximate surface area is 256 Å². The molecule has 0 aromatic carbocycles. The first kappa shape index (κ1) is 30.7. The predicted molar refractivity (Wildman–Crippen MR) is 157 cm³/mol. The number of nitrogens with zero attached hydrogens (tertiary/aromatic N) is 9. The van der Waals surface area contributed by atoms with E-state index in [9.17, 15) is 19.8 Å². The summed E-state index contributed by atoms with van der Waals surface area (Å²) in [5.41, 5.74) is -2.31. The van der Waals surface area contributed by atoms with E-state index in [2.05, 4.69) is 19.9 Å². The number of piperidine rings is 3. The van der Waals surface area contributed by atoms with E-state index in [1.165, 1.54) is 36.6 Å². The van der Waals surface area contributed by atoms with E-state index in [4.69, 9.17) is 0 Å². The van der Waals surface area contributed by atoms with Gasteiger partial charge in [-0.2, -0.15) is 9.40 Å². The zero-order chi connectivity index (χ0) is 31.0. The van der Waals surface area contributed by atoms with E-state index < -0.39 is 35.1 Å². The molecule has 14 heteroatoms. The molecule has 2 N–H and O–H groups in total. The quantitative estimate of drug-likeness (QED) is 0.444. The molecule has 44 heavy (non-hydrogen) atoms. The van der Waals surface area contributed by atoms with Crippen LogP contribution in [0.15, 0.2) is 36.9 Å². The second-order valence-electron chi connectivity index (χ2n) is 12.4. The van der Waals surface area contributed by atoms with Crippen molar-refractivity contribution in [1.82, 2.24) is 39.8 Å². The number of alkyl halides is 1. The lowest BCUT2D eigenvalue weighted by Gasteiger charge is -2.69. The Balaban J connectivity index is 1.76. The molecule has 0 bridgehead atoms. The highest BCUT2D eigenvalue weighted by Crippen LogP contribution is 2.61. The Hall–Kier alpha value is -3.33. The minimum Gasteiger partial charge on any atom is -0.481 e. The van der Waals surface area contributed by atoms with Crippen LogP contribution >= 0.6 is 0 Å². The third-order valence-electron chi connectivity index (χ3n) is 9.90. The van der Waals surface area contributed by atoms with Crippen molar-refractivity contribution < 1.29 is 24.2 Å². The third kappa shape index (κ3) is 4.56. The van der Waals surface area contributed by atoms with Crippen LogP contribution in [-0.2, 0) is 9.59 Å². The van der Waals surface area contributed by atoms with Crippen molar-refractivity contribution in [2.75, 3.05) is 44.2 Å². The average Bonchev–Trinajstić information content (AvgIpc) is 3.07. The Morgan fingerprint density at radius 1 is 0.727 bits per heavy atom. The SMILES string of the molecule is CC1(C(=O)O)C(c2ncccn2)N(N2CCCCC2)C(C(=O)O)(N2CCCCC2)N(c2ncccn2)C1(F)N1CCCCC1. The molecule has 4 aliphatic heterocycles. The lowest BCUT2D eigenvalue weighted by atomic mass is 9.71. The van der Waals surface area contributed by atoms with Crippen molar-refractivity contribution in [3.8, 4) is 0 Å². The zero-order valence-electron chi connectivity index (χ0n) is 25.3. The lowest BCUT2D eigenvalue weighted by molar-refractivity contribution is -0.313. The Morgan fingerprint density at radius 2 is 1.20 bits per heavy atom. The van der Waals surface area contributed by atoms with Gasteiger partial charge in [-0.25, -0.2) is 29.7 Å². The minimum absolute atomic E-state index is 0.0540. The Kier molecular flexibility index (Phi) is 8.52. The fraction of sp³-hybridized carbons (Fsp3) is 0.667. The minimum atomic E-state index is -2.91. The number of likely N-dealkylation sites (tertiary alicyclic amines) is 2. The van der Waals surface area contributed by atoms with Crippen LogP contribution in [0, 0.1) is 5.41 Å². The normalized spacial score (nSPS) is 33.2. The van der Waals surface area contributed by atoms with Crippen molar-refractivity contribution in [2.24, 2.45) is 5.41 Å². The van der Waals surface area contributed by atoms with Crippen molar-refractivity contribution in [3.05, 3.63) is 42.7 Å². The molecule has 238 valence electrons. The summed E-state index contributed by atoms with van der Waals surface area (Å²) in [6.45, 7) is 3.52. The van der Waals surface area contributed by atoms with Crippen LogP contribution in [-0.4, -0.2) is 113 Å². The van der Waals surface area contributed by atoms with E-state index in [1.807, 2.05) is 5.01 Å². The van der Waals surface area contributed by atoms with E-state index in [0.29, 0.717) is 51.9 Å². The van der Waals surface area contributed by atoms with E-state index >= 15 is 4.39 Å². The van der Waals surface area contributed by atoms with Crippen molar-refractivity contribution in [1.29, 1.82) is 0 Å².